The van der Waals surface area contributed by atoms with E-state index in [-0.39, 0.29) is 17.0 Å². The number of pyridine rings is 1. The van der Waals surface area contributed by atoms with E-state index in [1.165, 1.54) is 24.3 Å². The fourth-order valence-corrected chi connectivity index (χ4v) is 3.10. The summed E-state index contributed by atoms with van der Waals surface area (Å²) >= 11 is 0. The van der Waals surface area contributed by atoms with Crippen molar-refractivity contribution in [1.29, 1.82) is 0 Å². The average Bonchev–Trinajstić information content (AvgIpc) is 3.19. The van der Waals surface area contributed by atoms with E-state index in [9.17, 15) is 18.4 Å². The van der Waals surface area contributed by atoms with Gasteiger partial charge in [-0.15, -0.1) is 0 Å². The lowest BCUT2D eigenvalue weighted by atomic mass is 10.0. The van der Waals surface area contributed by atoms with Gasteiger partial charge in [-0.3, -0.25) is 4.79 Å². The Bertz CT molecular complexity index is 1250. The van der Waals surface area contributed by atoms with Crippen LogP contribution in [0.25, 0.3) is 11.0 Å². The molecule has 8 heteroatoms. The van der Waals surface area contributed by atoms with Crippen LogP contribution in [0, 0.1) is 5.82 Å². The third-order valence-electron chi connectivity index (χ3n) is 4.55. The van der Waals surface area contributed by atoms with E-state index < -0.39 is 18.5 Å². The van der Waals surface area contributed by atoms with Gasteiger partial charge in [0.15, 0.2) is 11.6 Å². The molecule has 4 rings (SSSR count). The Hall–Kier alpha value is -4.07. The molecule has 0 aliphatic rings. The van der Waals surface area contributed by atoms with Gasteiger partial charge in [-0.25, -0.2) is 18.6 Å². The lowest BCUT2D eigenvalue weighted by molar-refractivity contribution is 0.104. The summed E-state index contributed by atoms with van der Waals surface area (Å²) in [6, 6.07) is 13.3. The van der Waals surface area contributed by atoms with E-state index in [2.05, 4.69) is 20.6 Å². The fourth-order valence-electron chi connectivity index (χ4n) is 3.10. The number of carbonyl (C=O) groups is 2. The Labute approximate surface area is 170 Å². The highest BCUT2D eigenvalue weighted by Gasteiger charge is 2.16. The Morgan fingerprint density at radius 2 is 1.87 bits per heavy atom. The highest BCUT2D eigenvalue weighted by atomic mass is 19.1. The van der Waals surface area contributed by atoms with E-state index >= 15 is 0 Å². The predicted octanol–water partition coefficient (Wildman–Crippen LogP) is 5.05. The van der Waals surface area contributed by atoms with Crippen LogP contribution >= 0.6 is 0 Å². The van der Waals surface area contributed by atoms with Crippen molar-refractivity contribution in [1.82, 2.24) is 9.97 Å². The van der Waals surface area contributed by atoms with E-state index in [1.807, 2.05) is 0 Å². The van der Waals surface area contributed by atoms with E-state index in [0.29, 0.717) is 27.8 Å². The van der Waals surface area contributed by atoms with Crippen LogP contribution in [0.2, 0.25) is 0 Å². The minimum Gasteiger partial charge on any atom is -0.345 e. The molecule has 2 heterocycles. The second kappa shape index (κ2) is 8.12. The third kappa shape index (κ3) is 3.75. The summed E-state index contributed by atoms with van der Waals surface area (Å²) in [5, 5.41) is 5.59. The number of nitrogens with zero attached hydrogens (tertiary/aromatic N) is 1. The van der Waals surface area contributed by atoms with Gasteiger partial charge in [0.05, 0.1) is 5.69 Å². The minimum absolute atomic E-state index is 0.138. The standard InChI is InChI=1S/C22H16F2N4O2/c23-11-14-5-2-8-18(19(14)24)28-22(30)27-15-6-1-4-13(10-15)20(29)17-12-26-21-16(17)7-3-9-25-21/h1-10,12H,11H2,(H,25,26)(H2,27,28,30). The summed E-state index contributed by atoms with van der Waals surface area (Å²) in [7, 11) is 0. The number of nitrogens with one attached hydrogen (secondary N) is 3. The molecule has 0 atom stereocenters. The van der Waals surface area contributed by atoms with Crippen LogP contribution in [0.3, 0.4) is 0 Å². The average molecular weight is 406 g/mol. The lowest BCUT2D eigenvalue weighted by Gasteiger charge is -2.10. The molecule has 2 aromatic carbocycles. The molecule has 2 amide bonds. The molecule has 0 aliphatic carbocycles. The zero-order valence-corrected chi connectivity index (χ0v) is 15.6. The number of hydrogen-bond acceptors (Lipinski definition) is 3. The quantitative estimate of drug-likeness (QED) is 0.406. The maximum atomic E-state index is 14.1. The number of rotatable bonds is 5. The molecular weight excluding hydrogens is 390 g/mol. The fraction of sp³-hybridized carbons (Fsp3) is 0.0455. The second-order valence-corrected chi connectivity index (χ2v) is 6.50. The number of halogens is 2. The summed E-state index contributed by atoms with van der Waals surface area (Å²) in [5.41, 5.74) is 1.49. The number of aromatic nitrogens is 2. The van der Waals surface area contributed by atoms with Gasteiger partial charge in [0.1, 0.15) is 12.3 Å². The van der Waals surface area contributed by atoms with Crippen molar-refractivity contribution in [2.45, 2.75) is 6.67 Å². The molecule has 0 aliphatic heterocycles. The summed E-state index contributed by atoms with van der Waals surface area (Å²) in [5.74, 6) is -1.06. The van der Waals surface area contributed by atoms with Crippen molar-refractivity contribution in [2.75, 3.05) is 10.6 Å². The van der Waals surface area contributed by atoms with Gasteiger partial charge < -0.3 is 15.6 Å². The highest BCUT2D eigenvalue weighted by molar-refractivity contribution is 6.16. The van der Waals surface area contributed by atoms with E-state index in [1.54, 1.807) is 42.7 Å². The zero-order valence-electron chi connectivity index (χ0n) is 15.6. The van der Waals surface area contributed by atoms with Gasteiger partial charge >= 0.3 is 6.03 Å². The van der Waals surface area contributed by atoms with Crippen LogP contribution in [-0.4, -0.2) is 21.8 Å². The number of ketones is 1. The lowest BCUT2D eigenvalue weighted by Crippen LogP contribution is -2.20. The molecule has 6 nitrogen and oxygen atoms in total. The summed E-state index contributed by atoms with van der Waals surface area (Å²) < 4.78 is 26.9. The van der Waals surface area contributed by atoms with E-state index in [4.69, 9.17) is 0 Å². The van der Waals surface area contributed by atoms with Crippen molar-refractivity contribution in [3.63, 3.8) is 0 Å². The van der Waals surface area contributed by atoms with Crippen molar-refractivity contribution < 1.29 is 18.4 Å². The highest BCUT2D eigenvalue weighted by Crippen LogP contribution is 2.22. The Morgan fingerprint density at radius 3 is 2.70 bits per heavy atom. The Kier molecular flexibility index (Phi) is 5.21. The SMILES string of the molecule is O=C(Nc1cccc(C(=O)c2c[nH]c3ncccc23)c1)Nc1cccc(CF)c1F. The van der Waals surface area contributed by atoms with Crippen LogP contribution in [0.4, 0.5) is 25.0 Å². The van der Waals surface area contributed by atoms with Gasteiger partial charge in [0, 0.05) is 40.2 Å². The normalized spacial score (nSPS) is 10.7. The van der Waals surface area contributed by atoms with Crippen molar-refractivity contribution in [3.05, 3.63) is 89.5 Å². The molecule has 0 spiro atoms. The first-order valence-electron chi connectivity index (χ1n) is 9.05. The molecule has 2 aromatic heterocycles. The van der Waals surface area contributed by atoms with Gasteiger partial charge in [-0.05, 0) is 30.3 Å². The number of alkyl halides is 1. The van der Waals surface area contributed by atoms with Crippen LogP contribution < -0.4 is 10.6 Å². The number of carbonyl (C=O) groups excluding carboxylic acids is 2. The van der Waals surface area contributed by atoms with Crippen molar-refractivity contribution in [3.8, 4) is 0 Å². The molecule has 0 unspecified atom stereocenters. The Balaban J connectivity index is 1.52. The molecule has 30 heavy (non-hydrogen) atoms. The summed E-state index contributed by atoms with van der Waals surface area (Å²) in [6.45, 7) is -0.976. The van der Waals surface area contributed by atoms with Crippen molar-refractivity contribution >= 4 is 34.2 Å². The molecule has 0 saturated carbocycles. The molecular formula is C22H16F2N4O2. The van der Waals surface area contributed by atoms with Gasteiger partial charge in [0.25, 0.3) is 0 Å². The monoisotopic (exact) mass is 406 g/mol. The second-order valence-electron chi connectivity index (χ2n) is 6.50. The first-order valence-corrected chi connectivity index (χ1v) is 9.05. The van der Waals surface area contributed by atoms with Crippen molar-refractivity contribution in [2.24, 2.45) is 0 Å². The first-order chi connectivity index (χ1) is 14.6. The number of anilines is 2. The number of H-pyrrole nitrogens is 1. The van der Waals surface area contributed by atoms with Crippen LogP contribution in [-0.2, 0) is 6.67 Å². The molecule has 0 radical (unpaired) electrons. The van der Waals surface area contributed by atoms with Crippen LogP contribution in [0.15, 0.2) is 67.0 Å². The Morgan fingerprint density at radius 1 is 1.03 bits per heavy atom. The molecule has 0 bridgehead atoms. The maximum Gasteiger partial charge on any atom is 0.323 e. The van der Waals surface area contributed by atoms with Crippen LogP contribution in [0.5, 0.6) is 0 Å². The largest absolute Gasteiger partial charge is 0.345 e. The van der Waals surface area contributed by atoms with Gasteiger partial charge in [-0.1, -0.05) is 24.3 Å². The minimum atomic E-state index is -0.976. The van der Waals surface area contributed by atoms with Gasteiger partial charge in [-0.2, -0.15) is 0 Å². The van der Waals surface area contributed by atoms with E-state index in [0.717, 1.165) is 0 Å². The third-order valence-corrected chi connectivity index (χ3v) is 4.55. The number of fused-ring (bicyclic) bond motifs is 1. The number of amides is 2. The molecule has 150 valence electrons. The number of urea groups is 1. The molecule has 4 aromatic rings. The number of hydrogen-bond donors (Lipinski definition) is 3. The smallest absolute Gasteiger partial charge is 0.323 e. The molecule has 0 saturated heterocycles. The zero-order chi connectivity index (χ0) is 21.1. The number of aromatic amines is 1. The maximum absolute atomic E-state index is 14.1. The summed E-state index contributed by atoms with van der Waals surface area (Å²) in [4.78, 5) is 32.3. The number of benzene rings is 2. The van der Waals surface area contributed by atoms with Crippen LogP contribution in [0.1, 0.15) is 21.5 Å². The molecule has 3 N–H and O–H groups in total. The summed E-state index contributed by atoms with van der Waals surface area (Å²) in [6.07, 6.45) is 3.22. The van der Waals surface area contributed by atoms with Gasteiger partial charge in [0.2, 0.25) is 0 Å². The first kappa shape index (κ1) is 19.3. The topological polar surface area (TPSA) is 86.9 Å². The predicted molar refractivity (Wildman–Crippen MR) is 110 cm³/mol. The molecule has 0 fully saturated rings.